The summed E-state index contributed by atoms with van der Waals surface area (Å²) in [6.07, 6.45) is 5.60. The molecule has 0 amide bonds. The summed E-state index contributed by atoms with van der Waals surface area (Å²) >= 11 is 0. The van der Waals surface area contributed by atoms with E-state index >= 15 is 0 Å². The van der Waals surface area contributed by atoms with E-state index in [0.717, 1.165) is 45.3 Å². The normalized spacial score (nSPS) is 11.2. The molecular formula is C19H20N6O. The highest BCUT2D eigenvalue weighted by atomic mass is 16.5. The van der Waals surface area contributed by atoms with E-state index in [2.05, 4.69) is 26.1 Å². The summed E-state index contributed by atoms with van der Waals surface area (Å²) in [4.78, 5) is 13.3. The topological polar surface area (TPSA) is 70.7 Å². The first kappa shape index (κ1) is 16.3. The third kappa shape index (κ3) is 2.81. The van der Waals surface area contributed by atoms with E-state index in [1.807, 2.05) is 48.5 Å². The van der Waals surface area contributed by atoms with E-state index in [-0.39, 0.29) is 0 Å². The van der Waals surface area contributed by atoms with Crippen molar-refractivity contribution in [3.63, 3.8) is 0 Å². The maximum absolute atomic E-state index is 5.61. The molecule has 0 bridgehead atoms. The predicted octanol–water partition coefficient (Wildman–Crippen LogP) is 2.90. The minimum atomic E-state index is 0.609. The van der Waals surface area contributed by atoms with Gasteiger partial charge in [-0.3, -0.25) is 0 Å². The van der Waals surface area contributed by atoms with Crippen LogP contribution in [0.4, 0.5) is 0 Å². The molecule has 4 aromatic rings. The maximum atomic E-state index is 5.61. The first-order valence-corrected chi connectivity index (χ1v) is 8.37. The fourth-order valence-corrected chi connectivity index (χ4v) is 2.97. The molecule has 1 aromatic carbocycles. The molecule has 0 aliphatic carbocycles. The lowest BCUT2D eigenvalue weighted by molar-refractivity contribution is 0.415. The highest BCUT2D eigenvalue weighted by Gasteiger charge is 2.12. The van der Waals surface area contributed by atoms with Crippen molar-refractivity contribution in [1.29, 1.82) is 0 Å². The van der Waals surface area contributed by atoms with Gasteiger partial charge >= 0.3 is 0 Å². The smallest absolute Gasteiger partial charge is 0.161 e. The van der Waals surface area contributed by atoms with Gasteiger partial charge in [-0.2, -0.15) is 5.10 Å². The van der Waals surface area contributed by atoms with Gasteiger partial charge < -0.3 is 9.30 Å². The van der Waals surface area contributed by atoms with Crippen LogP contribution >= 0.6 is 0 Å². The lowest BCUT2D eigenvalue weighted by Gasteiger charge is -2.10. The number of aromatic nitrogens is 6. The number of hydrogen-bond donors (Lipinski definition) is 0. The van der Waals surface area contributed by atoms with Gasteiger partial charge in [0.25, 0.3) is 0 Å². The molecule has 0 saturated heterocycles. The molecule has 0 fully saturated rings. The predicted molar refractivity (Wildman–Crippen MR) is 99.1 cm³/mol. The number of fused-ring (bicyclic) bond motifs is 1. The Kier molecular flexibility index (Phi) is 3.91. The van der Waals surface area contributed by atoms with Crippen molar-refractivity contribution in [2.24, 2.45) is 7.05 Å². The molecule has 0 unspecified atom stereocenters. The largest absolute Gasteiger partial charge is 0.496 e. The lowest BCUT2D eigenvalue weighted by Crippen LogP contribution is -2.04. The Bertz CT molecular complexity index is 1080. The van der Waals surface area contributed by atoms with Crippen LogP contribution in [-0.2, 0) is 13.6 Å². The zero-order valence-corrected chi connectivity index (χ0v) is 15.3. The molecule has 0 aliphatic heterocycles. The molecule has 3 heterocycles. The molecule has 7 nitrogen and oxygen atoms in total. The average Bonchev–Trinajstić information content (AvgIpc) is 3.18. The summed E-state index contributed by atoms with van der Waals surface area (Å²) in [5.41, 5.74) is 3.80. The van der Waals surface area contributed by atoms with Crippen molar-refractivity contribution < 1.29 is 4.74 Å². The number of hydrogen-bond acceptors (Lipinski definition) is 5. The standard InChI is InChI=1S/C19H20N6O/c1-12-20-8-15-9-21-25(19(15)22-12)10-14-5-6-16(18(7-14)26-4)17-11-24(3)13(2)23-17/h5-9,11H,10H2,1-4H3. The molecule has 4 rings (SSSR count). The Labute approximate surface area is 151 Å². The number of imidazole rings is 1. The molecule has 0 radical (unpaired) electrons. The number of nitrogens with zero attached hydrogens (tertiary/aromatic N) is 6. The molecule has 0 spiro atoms. The van der Waals surface area contributed by atoms with Crippen LogP contribution in [-0.4, -0.2) is 36.4 Å². The van der Waals surface area contributed by atoms with E-state index in [9.17, 15) is 0 Å². The van der Waals surface area contributed by atoms with Crippen molar-refractivity contribution in [3.05, 3.63) is 54.0 Å². The first-order chi connectivity index (χ1) is 12.5. The highest BCUT2D eigenvalue weighted by Crippen LogP contribution is 2.30. The van der Waals surface area contributed by atoms with Gasteiger partial charge in [-0.15, -0.1) is 0 Å². The number of methoxy groups -OCH3 is 1. The number of aryl methyl sites for hydroxylation is 3. The number of benzene rings is 1. The van der Waals surface area contributed by atoms with Gasteiger partial charge in [0.05, 0.1) is 30.9 Å². The van der Waals surface area contributed by atoms with Gasteiger partial charge in [-0.1, -0.05) is 6.07 Å². The molecular weight excluding hydrogens is 328 g/mol. The van der Waals surface area contributed by atoms with Gasteiger partial charge in [0.2, 0.25) is 0 Å². The molecule has 3 aromatic heterocycles. The average molecular weight is 348 g/mol. The second-order valence-corrected chi connectivity index (χ2v) is 6.32. The zero-order chi connectivity index (χ0) is 18.3. The second-order valence-electron chi connectivity index (χ2n) is 6.32. The zero-order valence-electron chi connectivity index (χ0n) is 15.3. The van der Waals surface area contributed by atoms with Gasteiger partial charge in [0.15, 0.2) is 5.65 Å². The van der Waals surface area contributed by atoms with Crippen molar-refractivity contribution in [2.45, 2.75) is 20.4 Å². The quantitative estimate of drug-likeness (QED) is 0.567. The summed E-state index contributed by atoms with van der Waals surface area (Å²) < 4.78 is 9.49. The van der Waals surface area contributed by atoms with Crippen LogP contribution in [0.15, 0.2) is 36.8 Å². The second kappa shape index (κ2) is 6.25. The number of rotatable bonds is 4. The van der Waals surface area contributed by atoms with Crippen LogP contribution in [0.2, 0.25) is 0 Å². The Morgan fingerprint density at radius 1 is 1.12 bits per heavy atom. The molecule has 0 N–H and O–H groups in total. The SMILES string of the molecule is COc1cc(Cn2ncc3cnc(C)nc32)ccc1-c1cn(C)c(C)n1. The van der Waals surface area contributed by atoms with Crippen LogP contribution in [0.5, 0.6) is 5.75 Å². The fourth-order valence-electron chi connectivity index (χ4n) is 2.97. The number of ether oxygens (including phenoxy) is 1. The van der Waals surface area contributed by atoms with Crippen LogP contribution in [0.3, 0.4) is 0 Å². The first-order valence-electron chi connectivity index (χ1n) is 8.37. The molecule has 26 heavy (non-hydrogen) atoms. The van der Waals surface area contributed by atoms with Crippen LogP contribution < -0.4 is 4.74 Å². The van der Waals surface area contributed by atoms with E-state index < -0.39 is 0 Å². The van der Waals surface area contributed by atoms with Gasteiger partial charge in [0.1, 0.15) is 17.4 Å². The van der Waals surface area contributed by atoms with E-state index in [1.165, 1.54) is 0 Å². The maximum Gasteiger partial charge on any atom is 0.161 e. The van der Waals surface area contributed by atoms with Crippen molar-refractivity contribution >= 4 is 11.0 Å². The van der Waals surface area contributed by atoms with Gasteiger partial charge in [-0.05, 0) is 31.5 Å². The fraction of sp³-hybridized carbons (Fsp3) is 0.263. The third-order valence-electron chi connectivity index (χ3n) is 4.48. The van der Waals surface area contributed by atoms with Crippen molar-refractivity contribution in [2.75, 3.05) is 7.11 Å². The van der Waals surface area contributed by atoms with Crippen LogP contribution in [0.1, 0.15) is 17.2 Å². The Morgan fingerprint density at radius 2 is 1.96 bits per heavy atom. The summed E-state index contributed by atoms with van der Waals surface area (Å²) in [5, 5.41) is 5.37. The van der Waals surface area contributed by atoms with E-state index in [1.54, 1.807) is 19.5 Å². The van der Waals surface area contributed by atoms with Gasteiger partial charge in [0, 0.05) is 25.0 Å². The van der Waals surface area contributed by atoms with Gasteiger partial charge in [-0.25, -0.2) is 19.6 Å². The van der Waals surface area contributed by atoms with Crippen molar-refractivity contribution in [1.82, 2.24) is 29.3 Å². The lowest BCUT2D eigenvalue weighted by atomic mass is 10.1. The Hall–Kier alpha value is -3.22. The molecule has 7 heteroatoms. The van der Waals surface area contributed by atoms with Crippen LogP contribution in [0, 0.1) is 13.8 Å². The summed E-state index contributed by atoms with van der Waals surface area (Å²) in [6.45, 7) is 4.47. The molecule has 0 aliphatic rings. The van der Waals surface area contributed by atoms with Crippen molar-refractivity contribution in [3.8, 4) is 17.0 Å². The minimum Gasteiger partial charge on any atom is -0.496 e. The molecule has 0 atom stereocenters. The Morgan fingerprint density at radius 3 is 2.69 bits per heavy atom. The summed E-state index contributed by atoms with van der Waals surface area (Å²) in [5.74, 6) is 2.49. The highest BCUT2D eigenvalue weighted by molar-refractivity contribution is 5.73. The Balaban J connectivity index is 1.70. The summed E-state index contributed by atoms with van der Waals surface area (Å²) in [6, 6.07) is 6.15. The minimum absolute atomic E-state index is 0.609. The van der Waals surface area contributed by atoms with E-state index in [0.29, 0.717) is 6.54 Å². The molecule has 0 saturated carbocycles. The molecule has 132 valence electrons. The summed E-state index contributed by atoms with van der Waals surface area (Å²) in [7, 11) is 3.66. The van der Waals surface area contributed by atoms with E-state index in [4.69, 9.17) is 4.74 Å². The monoisotopic (exact) mass is 348 g/mol. The third-order valence-corrected chi connectivity index (χ3v) is 4.48. The van der Waals surface area contributed by atoms with Crippen LogP contribution in [0.25, 0.3) is 22.3 Å².